The lowest BCUT2D eigenvalue weighted by Crippen LogP contribution is -2.44. The number of hydrogen-bond acceptors (Lipinski definition) is 5. The van der Waals surface area contributed by atoms with Gasteiger partial charge in [-0.25, -0.2) is 13.4 Å². The van der Waals surface area contributed by atoms with E-state index in [4.69, 9.17) is 0 Å². The molecule has 0 aliphatic carbocycles. The highest BCUT2D eigenvalue weighted by Crippen LogP contribution is 2.24. The Labute approximate surface area is 158 Å². The summed E-state index contributed by atoms with van der Waals surface area (Å²) in [6.45, 7) is 4.08. The van der Waals surface area contributed by atoms with E-state index in [0.717, 1.165) is 0 Å². The van der Waals surface area contributed by atoms with Gasteiger partial charge in [-0.2, -0.15) is 0 Å². The van der Waals surface area contributed by atoms with E-state index in [-0.39, 0.29) is 18.0 Å². The van der Waals surface area contributed by atoms with Crippen LogP contribution in [0.3, 0.4) is 0 Å². The summed E-state index contributed by atoms with van der Waals surface area (Å²) in [5, 5.41) is -0.491. The quantitative estimate of drug-likeness (QED) is 0.787. The number of sulfone groups is 1. The maximum atomic E-state index is 12.7. The molecule has 1 saturated heterocycles. The van der Waals surface area contributed by atoms with Gasteiger partial charge in [0.25, 0.3) is 5.56 Å². The summed E-state index contributed by atoms with van der Waals surface area (Å²) in [5.74, 6) is -0.197. The fraction of sp³-hybridized carbons (Fsp3) is 0.421. The van der Waals surface area contributed by atoms with Crippen LogP contribution in [-0.2, 0) is 21.2 Å². The van der Waals surface area contributed by atoms with Crippen LogP contribution in [0.4, 0.5) is 0 Å². The number of aromatic nitrogens is 2. The zero-order valence-electron chi connectivity index (χ0n) is 15.5. The highest BCUT2D eigenvalue weighted by Gasteiger charge is 2.32. The van der Waals surface area contributed by atoms with Crippen LogP contribution in [0.15, 0.2) is 46.3 Å². The van der Waals surface area contributed by atoms with E-state index in [1.807, 2.05) is 0 Å². The number of amides is 1. The summed E-state index contributed by atoms with van der Waals surface area (Å²) in [6.07, 6.45) is 2.17. The predicted molar refractivity (Wildman–Crippen MR) is 101 cm³/mol. The van der Waals surface area contributed by atoms with Gasteiger partial charge < -0.3 is 4.90 Å². The van der Waals surface area contributed by atoms with Crippen molar-refractivity contribution in [1.82, 2.24) is 14.5 Å². The SMILES string of the molecule is Cc1ncn(CC(=O)N2CCC(S(=O)(=O)c3ccccc3)CC2)c(=O)c1C. The Balaban J connectivity index is 1.65. The Morgan fingerprint density at radius 2 is 1.78 bits per heavy atom. The summed E-state index contributed by atoms with van der Waals surface area (Å²) >= 11 is 0. The molecule has 1 aliphatic rings. The van der Waals surface area contributed by atoms with Crippen LogP contribution in [0.25, 0.3) is 0 Å². The summed E-state index contributed by atoms with van der Waals surface area (Å²) in [7, 11) is -3.39. The van der Waals surface area contributed by atoms with E-state index in [0.29, 0.717) is 42.1 Å². The molecule has 2 heterocycles. The van der Waals surface area contributed by atoms with Gasteiger partial charge in [-0.1, -0.05) is 18.2 Å². The number of likely N-dealkylation sites (tertiary alicyclic amines) is 1. The number of piperidine rings is 1. The standard InChI is InChI=1S/C19H23N3O4S/c1-14-15(2)20-13-22(19(14)24)12-18(23)21-10-8-17(9-11-21)27(25,26)16-6-4-3-5-7-16/h3-7,13,17H,8-12H2,1-2H3. The third-order valence-corrected chi connectivity index (χ3v) is 7.40. The van der Waals surface area contributed by atoms with Gasteiger partial charge >= 0.3 is 0 Å². The summed E-state index contributed by atoms with van der Waals surface area (Å²) in [4.78, 5) is 30.8. The average molecular weight is 389 g/mol. The van der Waals surface area contributed by atoms with Crippen molar-refractivity contribution in [2.24, 2.45) is 0 Å². The molecule has 1 aromatic carbocycles. The predicted octanol–water partition coefficient (Wildman–Crippen LogP) is 1.33. The Morgan fingerprint density at radius 1 is 1.15 bits per heavy atom. The van der Waals surface area contributed by atoms with E-state index in [2.05, 4.69) is 4.98 Å². The molecule has 0 atom stereocenters. The van der Waals surface area contributed by atoms with Crippen molar-refractivity contribution in [3.8, 4) is 0 Å². The van der Waals surface area contributed by atoms with Crippen LogP contribution in [-0.4, -0.2) is 47.1 Å². The molecule has 0 N–H and O–H groups in total. The summed E-state index contributed by atoms with van der Waals surface area (Å²) in [6, 6.07) is 8.41. The third kappa shape index (κ3) is 3.95. The van der Waals surface area contributed by atoms with E-state index in [9.17, 15) is 18.0 Å². The fourth-order valence-electron chi connectivity index (χ4n) is 3.25. The monoisotopic (exact) mass is 389 g/mol. The number of carbonyl (C=O) groups excluding carboxylic acids is 1. The minimum absolute atomic E-state index is 0.0803. The Kier molecular flexibility index (Phi) is 5.46. The Morgan fingerprint density at radius 3 is 2.41 bits per heavy atom. The lowest BCUT2D eigenvalue weighted by Gasteiger charge is -2.32. The third-order valence-electron chi connectivity index (χ3n) is 5.13. The Bertz CT molecular complexity index is 991. The molecule has 0 unspecified atom stereocenters. The zero-order valence-corrected chi connectivity index (χ0v) is 16.3. The molecule has 1 fully saturated rings. The van der Waals surface area contributed by atoms with E-state index in [1.54, 1.807) is 49.1 Å². The smallest absolute Gasteiger partial charge is 0.256 e. The summed E-state index contributed by atoms with van der Waals surface area (Å²) in [5.41, 5.74) is 0.950. The molecule has 1 amide bonds. The molecule has 0 bridgehead atoms. The molecule has 7 nitrogen and oxygen atoms in total. The first-order chi connectivity index (χ1) is 12.8. The Hall–Kier alpha value is -2.48. The molecule has 2 aromatic rings. The minimum atomic E-state index is -3.39. The molecular formula is C19H23N3O4S. The fourth-order valence-corrected chi connectivity index (χ4v) is 5.01. The first-order valence-corrected chi connectivity index (χ1v) is 10.4. The van der Waals surface area contributed by atoms with Gasteiger partial charge in [0.15, 0.2) is 9.84 Å². The molecule has 1 aromatic heterocycles. The number of rotatable bonds is 4. The van der Waals surface area contributed by atoms with Crippen molar-refractivity contribution >= 4 is 15.7 Å². The van der Waals surface area contributed by atoms with Gasteiger partial charge in [-0.3, -0.25) is 14.2 Å². The van der Waals surface area contributed by atoms with Gasteiger partial charge in [-0.15, -0.1) is 0 Å². The average Bonchev–Trinajstić information content (AvgIpc) is 2.69. The van der Waals surface area contributed by atoms with E-state index >= 15 is 0 Å². The largest absolute Gasteiger partial charge is 0.341 e. The van der Waals surface area contributed by atoms with Crippen LogP contribution >= 0.6 is 0 Å². The molecule has 144 valence electrons. The van der Waals surface area contributed by atoms with Gasteiger partial charge in [0.1, 0.15) is 6.54 Å². The molecule has 3 rings (SSSR count). The maximum absolute atomic E-state index is 12.7. The first kappa shape index (κ1) is 19.3. The highest BCUT2D eigenvalue weighted by atomic mass is 32.2. The lowest BCUT2D eigenvalue weighted by molar-refractivity contribution is -0.132. The zero-order chi connectivity index (χ0) is 19.6. The van der Waals surface area contributed by atoms with Crippen LogP contribution in [0.5, 0.6) is 0 Å². The van der Waals surface area contributed by atoms with Crippen molar-refractivity contribution in [2.45, 2.75) is 43.4 Å². The topological polar surface area (TPSA) is 89.3 Å². The molecule has 0 spiro atoms. The maximum Gasteiger partial charge on any atom is 0.256 e. The second kappa shape index (κ2) is 7.64. The minimum Gasteiger partial charge on any atom is -0.341 e. The van der Waals surface area contributed by atoms with Crippen molar-refractivity contribution in [3.63, 3.8) is 0 Å². The van der Waals surface area contributed by atoms with Crippen molar-refractivity contribution in [1.29, 1.82) is 0 Å². The number of carbonyl (C=O) groups is 1. The normalized spacial score (nSPS) is 15.7. The van der Waals surface area contributed by atoms with Crippen molar-refractivity contribution in [2.75, 3.05) is 13.1 Å². The van der Waals surface area contributed by atoms with E-state index in [1.165, 1.54) is 10.9 Å². The number of nitrogens with zero attached hydrogens (tertiary/aromatic N) is 3. The second-order valence-corrected chi connectivity index (χ2v) is 9.05. The molecule has 0 saturated carbocycles. The van der Waals surface area contributed by atoms with Crippen LogP contribution in [0.2, 0.25) is 0 Å². The van der Waals surface area contributed by atoms with Crippen LogP contribution in [0.1, 0.15) is 24.1 Å². The first-order valence-electron chi connectivity index (χ1n) is 8.90. The summed E-state index contributed by atoms with van der Waals surface area (Å²) < 4.78 is 26.7. The molecule has 0 radical (unpaired) electrons. The molecule has 27 heavy (non-hydrogen) atoms. The molecule has 1 aliphatic heterocycles. The van der Waals surface area contributed by atoms with Gasteiger partial charge in [0.2, 0.25) is 5.91 Å². The van der Waals surface area contributed by atoms with Gasteiger partial charge in [-0.05, 0) is 38.8 Å². The van der Waals surface area contributed by atoms with Crippen LogP contribution in [0, 0.1) is 13.8 Å². The van der Waals surface area contributed by atoms with Crippen molar-refractivity contribution in [3.05, 3.63) is 58.3 Å². The molecular weight excluding hydrogens is 366 g/mol. The van der Waals surface area contributed by atoms with Gasteiger partial charge in [0.05, 0.1) is 16.5 Å². The molecule has 8 heteroatoms. The number of hydrogen-bond donors (Lipinski definition) is 0. The number of benzene rings is 1. The lowest BCUT2D eigenvalue weighted by atomic mass is 10.1. The van der Waals surface area contributed by atoms with Crippen LogP contribution < -0.4 is 5.56 Å². The van der Waals surface area contributed by atoms with Gasteiger partial charge in [0, 0.05) is 24.3 Å². The number of aryl methyl sites for hydroxylation is 1. The highest BCUT2D eigenvalue weighted by molar-refractivity contribution is 7.92. The van der Waals surface area contributed by atoms with Crippen molar-refractivity contribution < 1.29 is 13.2 Å². The van der Waals surface area contributed by atoms with E-state index < -0.39 is 15.1 Å². The second-order valence-electron chi connectivity index (χ2n) is 6.83.